The Labute approximate surface area is 159 Å². The number of halogens is 2. The van der Waals surface area contributed by atoms with Crippen molar-refractivity contribution in [3.8, 4) is 5.75 Å². The lowest BCUT2D eigenvalue weighted by Gasteiger charge is -2.36. The van der Waals surface area contributed by atoms with Gasteiger partial charge in [-0.1, -0.05) is 42.8 Å². The highest BCUT2D eigenvalue weighted by molar-refractivity contribution is 9.09. The minimum absolute atomic E-state index is 0.113. The van der Waals surface area contributed by atoms with Gasteiger partial charge in [-0.15, -0.1) is 0 Å². The molecule has 7 heteroatoms. The third-order valence-corrected chi connectivity index (χ3v) is 9.76. The number of ether oxygens (including phenoxy) is 2. The van der Waals surface area contributed by atoms with Crippen molar-refractivity contribution in [1.29, 1.82) is 0 Å². The van der Waals surface area contributed by atoms with E-state index in [4.69, 9.17) is 13.9 Å². The Morgan fingerprint density at radius 1 is 1.28 bits per heavy atom. The van der Waals surface area contributed by atoms with Crippen LogP contribution >= 0.6 is 15.9 Å². The molecule has 1 unspecified atom stereocenters. The Hall–Kier alpha value is -0.923. The molecule has 25 heavy (non-hydrogen) atoms. The van der Waals surface area contributed by atoms with Crippen molar-refractivity contribution in [3.05, 3.63) is 29.6 Å². The third kappa shape index (κ3) is 6.38. The zero-order valence-corrected chi connectivity index (χ0v) is 18.4. The Kier molecular flexibility index (Phi) is 8.09. The van der Waals surface area contributed by atoms with Crippen molar-refractivity contribution < 1.29 is 23.1 Å². The van der Waals surface area contributed by atoms with Gasteiger partial charge in [0.15, 0.2) is 8.32 Å². The summed E-state index contributed by atoms with van der Waals surface area (Å²) in [5.74, 6) is -0.544. The molecule has 1 rings (SSSR count). The summed E-state index contributed by atoms with van der Waals surface area (Å²) in [5, 5.41) is 0.113. The summed E-state index contributed by atoms with van der Waals surface area (Å²) < 4.78 is 30.3. The average molecular weight is 435 g/mol. The van der Waals surface area contributed by atoms with Crippen LogP contribution in [0.15, 0.2) is 18.2 Å². The van der Waals surface area contributed by atoms with Crippen LogP contribution in [0.2, 0.25) is 18.1 Å². The zero-order chi connectivity index (χ0) is 19.3. The van der Waals surface area contributed by atoms with Crippen LogP contribution in [0.25, 0.3) is 0 Å². The lowest BCUT2D eigenvalue weighted by molar-refractivity contribution is -0.142. The van der Waals surface area contributed by atoms with Crippen LogP contribution in [0.5, 0.6) is 5.75 Å². The van der Waals surface area contributed by atoms with Gasteiger partial charge in [-0.3, -0.25) is 4.79 Å². The first kappa shape index (κ1) is 22.1. The van der Waals surface area contributed by atoms with Gasteiger partial charge in [0.05, 0.1) is 13.2 Å². The molecule has 1 aromatic carbocycles. The molecule has 0 saturated carbocycles. The summed E-state index contributed by atoms with van der Waals surface area (Å²) in [5.41, 5.74) is 0.534. The topological polar surface area (TPSA) is 44.8 Å². The maximum Gasteiger partial charge on any atom is 0.324 e. The fourth-order valence-corrected chi connectivity index (χ4v) is 3.39. The van der Waals surface area contributed by atoms with Crippen LogP contribution in [-0.4, -0.2) is 34.1 Å². The highest BCUT2D eigenvalue weighted by Crippen LogP contribution is 2.36. The van der Waals surface area contributed by atoms with Gasteiger partial charge < -0.3 is 13.9 Å². The number of alkyl halides is 1. The summed E-state index contributed by atoms with van der Waals surface area (Å²) in [7, 11) is -1.86. The van der Waals surface area contributed by atoms with E-state index in [0.717, 1.165) is 0 Å². The molecule has 142 valence electrons. The largest absolute Gasteiger partial charge is 0.491 e. The number of carbonyl (C=O) groups excluding carboxylic acids is 1. The minimum atomic E-state index is -1.86. The van der Waals surface area contributed by atoms with E-state index in [1.807, 2.05) is 0 Å². The Balaban J connectivity index is 2.75. The summed E-state index contributed by atoms with van der Waals surface area (Å²) in [4.78, 5) is 11.2. The average Bonchev–Trinajstić information content (AvgIpc) is 2.50. The Morgan fingerprint density at radius 3 is 2.48 bits per heavy atom. The van der Waals surface area contributed by atoms with E-state index >= 15 is 0 Å². The molecule has 0 saturated heterocycles. The molecule has 0 aliphatic heterocycles. The van der Waals surface area contributed by atoms with E-state index in [9.17, 15) is 9.18 Å². The highest BCUT2D eigenvalue weighted by Gasteiger charge is 2.37. The van der Waals surface area contributed by atoms with E-state index in [1.54, 1.807) is 6.92 Å². The molecule has 0 amide bonds. The van der Waals surface area contributed by atoms with E-state index in [0.29, 0.717) is 17.9 Å². The first-order valence-corrected chi connectivity index (χ1v) is 12.2. The van der Waals surface area contributed by atoms with Gasteiger partial charge in [-0.25, -0.2) is 4.39 Å². The molecule has 0 N–H and O–H groups in total. The van der Waals surface area contributed by atoms with Gasteiger partial charge >= 0.3 is 5.97 Å². The third-order valence-electron chi connectivity index (χ3n) is 4.35. The van der Waals surface area contributed by atoms with Crippen LogP contribution in [0.1, 0.15) is 38.1 Å². The van der Waals surface area contributed by atoms with Gasteiger partial charge in [-0.2, -0.15) is 0 Å². The standard InChI is InChI=1S/C18H28BrFO4Si/c1-7-22-17(21)16(19)14-9-8-13(20)12-15(14)23-10-11-24-25(5,6)18(2,3)4/h8-9,12,16H,7,10-11H2,1-6H3. The molecular weight excluding hydrogens is 407 g/mol. The van der Waals surface area contributed by atoms with Gasteiger partial charge in [-0.05, 0) is 31.1 Å². The summed E-state index contributed by atoms with van der Waals surface area (Å²) in [6, 6.07) is 4.09. The summed E-state index contributed by atoms with van der Waals surface area (Å²) in [6.45, 7) is 13.5. The van der Waals surface area contributed by atoms with Crippen LogP contribution in [0.3, 0.4) is 0 Å². The number of hydrogen-bond donors (Lipinski definition) is 0. The maximum absolute atomic E-state index is 13.6. The second-order valence-corrected chi connectivity index (χ2v) is 13.0. The van der Waals surface area contributed by atoms with E-state index in [1.165, 1.54) is 18.2 Å². The van der Waals surface area contributed by atoms with Crippen molar-refractivity contribution >= 4 is 30.2 Å². The van der Waals surface area contributed by atoms with Crippen molar-refractivity contribution in [3.63, 3.8) is 0 Å². The van der Waals surface area contributed by atoms with Gasteiger partial charge in [0, 0.05) is 11.6 Å². The lowest BCUT2D eigenvalue weighted by Crippen LogP contribution is -2.41. The molecule has 1 atom stereocenters. The van der Waals surface area contributed by atoms with Crippen molar-refractivity contribution in [2.45, 2.75) is 50.7 Å². The molecule has 0 fully saturated rings. The zero-order valence-electron chi connectivity index (χ0n) is 15.8. The number of benzene rings is 1. The van der Waals surface area contributed by atoms with Crippen molar-refractivity contribution in [2.24, 2.45) is 0 Å². The molecule has 0 aromatic heterocycles. The van der Waals surface area contributed by atoms with E-state index < -0.39 is 24.9 Å². The predicted molar refractivity (Wildman–Crippen MR) is 103 cm³/mol. The fraction of sp³-hybridized carbons (Fsp3) is 0.611. The molecule has 0 heterocycles. The Morgan fingerprint density at radius 2 is 1.92 bits per heavy atom. The summed E-state index contributed by atoms with van der Waals surface area (Å²) >= 11 is 3.29. The smallest absolute Gasteiger partial charge is 0.324 e. The fourth-order valence-electron chi connectivity index (χ4n) is 1.85. The molecular formula is C18H28BrFO4Si. The van der Waals surface area contributed by atoms with Crippen molar-refractivity contribution in [2.75, 3.05) is 19.8 Å². The molecule has 0 bridgehead atoms. The minimum Gasteiger partial charge on any atom is -0.491 e. The van der Waals surface area contributed by atoms with E-state index in [2.05, 4.69) is 49.8 Å². The van der Waals surface area contributed by atoms with Crippen LogP contribution in [0, 0.1) is 5.82 Å². The number of hydrogen-bond acceptors (Lipinski definition) is 4. The van der Waals surface area contributed by atoms with E-state index in [-0.39, 0.29) is 18.3 Å². The molecule has 0 aliphatic rings. The first-order valence-electron chi connectivity index (χ1n) is 8.36. The normalized spacial score (nSPS) is 13.4. The SMILES string of the molecule is CCOC(=O)C(Br)c1ccc(F)cc1OCCO[Si](C)(C)C(C)(C)C. The predicted octanol–water partition coefficient (Wildman–Crippen LogP) is 5.23. The molecule has 0 aliphatic carbocycles. The molecule has 1 aromatic rings. The molecule has 4 nitrogen and oxygen atoms in total. The Bertz CT molecular complexity index is 587. The monoisotopic (exact) mass is 434 g/mol. The maximum atomic E-state index is 13.6. The van der Waals surface area contributed by atoms with Crippen LogP contribution in [-0.2, 0) is 14.0 Å². The first-order chi connectivity index (χ1) is 11.5. The highest BCUT2D eigenvalue weighted by atomic mass is 79.9. The van der Waals surface area contributed by atoms with Gasteiger partial charge in [0.1, 0.15) is 23.0 Å². The molecule has 0 radical (unpaired) electrons. The van der Waals surface area contributed by atoms with Gasteiger partial charge in [0.2, 0.25) is 0 Å². The van der Waals surface area contributed by atoms with Gasteiger partial charge in [0.25, 0.3) is 0 Å². The second kappa shape index (κ2) is 9.14. The quantitative estimate of drug-likeness (QED) is 0.243. The number of carbonyl (C=O) groups is 1. The number of esters is 1. The summed E-state index contributed by atoms with van der Waals surface area (Å²) in [6.07, 6.45) is 0. The molecule has 0 spiro atoms. The van der Waals surface area contributed by atoms with Crippen LogP contribution < -0.4 is 4.74 Å². The second-order valence-electron chi connectivity index (χ2n) is 7.25. The number of rotatable bonds is 8. The lowest BCUT2D eigenvalue weighted by atomic mass is 10.1. The van der Waals surface area contributed by atoms with Crippen LogP contribution in [0.4, 0.5) is 4.39 Å². The van der Waals surface area contributed by atoms with Crippen molar-refractivity contribution in [1.82, 2.24) is 0 Å².